The van der Waals surface area contributed by atoms with E-state index < -0.39 is 40.8 Å². The van der Waals surface area contributed by atoms with Gasteiger partial charge in [-0.2, -0.15) is 39.5 Å². The number of nitrogens with zero attached hydrogens (tertiary/aromatic N) is 3. The maximum absolute atomic E-state index is 14.2. The minimum atomic E-state index is -5.94. The van der Waals surface area contributed by atoms with E-state index >= 15 is 0 Å². The highest BCUT2D eigenvalue weighted by atomic mass is 19.4. The zero-order chi connectivity index (χ0) is 38.0. The number of rotatable bonds is 5. The van der Waals surface area contributed by atoms with Crippen LogP contribution in [0.1, 0.15) is 16.7 Å². The summed E-state index contributed by atoms with van der Waals surface area (Å²) < 4.78 is 131. The molecule has 0 spiro atoms. The number of benzene rings is 5. The molecule has 0 fully saturated rings. The Bertz CT molecular complexity index is 2490. The molecule has 8 rings (SSSR count). The molecule has 0 saturated heterocycles. The van der Waals surface area contributed by atoms with Gasteiger partial charge in [-0.05, 0) is 94.7 Å². The Balaban J connectivity index is 1.29. The normalized spacial score (nSPS) is 12.5. The first kappa shape index (κ1) is 34.8. The largest absolute Gasteiger partial charge is 0.417 e. The zero-order valence-corrected chi connectivity index (χ0v) is 27.6. The molecule has 3 heterocycles. The highest BCUT2D eigenvalue weighted by Crippen LogP contribution is 2.49. The van der Waals surface area contributed by atoms with Crippen molar-refractivity contribution in [2.75, 3.05) is 0 Å². The first-order chi connectivity index (χ1) is 25.6. The van der Waals surface area contributed by atoms with Crippen molar-refractivity contribution in [3.05, 3.63) is 163 Å². The average molecular weight is 742 g/mol. The topological polar surface area (TPSA) is 22.8 Å². The smallest absolute Gasteiger partial charge is 0.317 e. The van der Waals surface area contributed by atoms with Crippen molar-refractivity contribution in [1.82, 2.24) is 14.1 Å². The molecule has 0 unspecified atom stereocenters. The summed E-state index contributed by atoms with van der Waals surface area (Å²) in [6, 6.07) is 36.0. The van der Waals surface area contributed by atoms with Crippen LogP contribution >= 0.6 is 0 Å². The summed E-state index contributed by atoms with van der Waals surface area (Å²) >= 11 is 0. The van der Waals surface area contributed by atoms with Crippen LogP contribution in [0.15, 0.2) is 146 Å². The highest BCUT2D eigenvalue weighted by molar-refractivity contribution is 5.84. The standard InChI is InChI=1S/C42H24F9N3/c43-40(44,45)33-21-29(22-34(41(46,47)48)39(33)42(49,50)51)30-23-35(25-9-13-31(14-10-25)53-19-17-27-5-1-3-7-37(27)53)52-36(24-30)26-11-15-32(16-12-26)54-20-18-28-6-2-4-8-38(28)54/h1-24H. The molecule has 0 bridgehead atoms. The Morgan fingerprint density at radius 3 is 1.17 bits per heavy atom. The Morgan fingerprint density at radius 1 is 0.389 bits per heavy atom. The van der Waals surface area contributed by atoms with E-state index in [1.807, 2.05) is 82.2 Å². The predicted molar refractivity (Wildman–Crippen MR) is 189 cm³/mol. The molecule has 54 heavy (non-hydrogen) atoms. The monoisotopic (exact) mass is 741 g/mol. The predicted octanol–water partition coefficient (Wildman–Crippen LogP) is 13.0. The minimum absolute atomic E-state index is 0.113. The van der Waals surface area contributed by atoms with Gasteiger partial charge in [0.1, 0.15) is 0 Å². The van der Waals surface area contributed by atoms with Crippen LogP contribution in [0.4, 0.5) is 39.5 Å². The van der Waals surface area contributed by atoms with Gasteiger partial charge >= 0.3 is 18.5 Å². The number of pyridine rings is 1. The molecule has 0 aliphatic carbocycles. The molecule has 270 valence electrons. The average Bonchev–Trinajstić information content (AvgIpc) is 3.78. The van der Waals surface area contributed by atoms with Gasteiger partial charge in [-0.3, -0.25) is 0 Å². The van der Waals surface area contributed by atoms with Gasteiger partial charge in [-0.1, -0.05) is 60.7 Å². The molecule has 3 nitrogen and oxygen atoms in total. The van der Waals surface area contributed by atoms with Crippen LogP contribution in [-0.2, 0) is 18.5 Å². The lowest BCUT2D eigenvalue weighted by Gasteiger charge is -2.22. The minimum Gasteiger partial charge on any atom is -0.317 e. The van der Waals surface area contributed by atoms with Gasteiger partial charge in [0.25, 0.3) is 0 Å². The maximum atomic E-state index is 14.2. The molecule has 0 saturated carbocycles. The molecule has 0 N–H and O–H groups in total. The van der Waals surface area contributed by atoms with Crippen molar-refractivity contribution in [1.29, 1.82) is 0 Å². The van der Waals surface area contributed by atoms with E-state index in [0.29, 0.717) is 11.1 Å². The van der Waals surface area contributed by atoms with E-state index in [4.69, 9.17) is 4.98 Å². The number of alkyl halides is 9. The van der Waals surface area contributed by atoms with Gasteiger partial charge in [0, 0.05) is 34.9 Å². The van der Waals surface area contributed by atoms with Gasteiger partial charge < -0.3 is 9.13 Å². The van der Waals surface area contributed by atoms with E-state index in [1.54, 1.807) is 48.5 Å². The fraction of sp³-hybridized carbons (Fsp3) is 0.0714. The summed E-state index contributed by atoms with van der Waals surface area (Å²) in [5, 5.41) is 2.01. The number of fused-ring (bicyclic) bond motifs is 2. The molecule has 3 aromatic heterocycles. The van der Waals surface area contributed by atoms with Crippen LogP contribution in [0.2, 0.25) is 0 Å². The molecular formula is C42H24F9N3. The summed E-state index contributed by atoms with van der Waals surface area (Å²) in [6.07, 6.45) is -13.7. The van der Waals surface area contributed by atoms with E-state index in [0.717, 1.165) is 33.2 Å². The fourth-order valence-corrected chi connectivity index (χ4v) is 6.76. The van der Waals surface area contributed by atoms with Gasteiger partial charge in [0.05, 0.1) is 39.1 Å². The van der Waals surface area contributed by atoms with Gasteiger partial charge in [-0.25, -0.2) is 4.98 Å². The first-order valence-corrected chi connectivity index (χ1v) is 16.4. The summed E-state index contributed by atoms with van der Waals surface area (Å²) in [7, 11) is 0. The van der Waals surface area contributed by atoms with Crippen LogP contribution in [-0.4, -0.2) is 14.1 Å². The van der Waals surface area contributed by atoms with Crippen LogP contribution < -0.4 is 0 Å². The number of hydrogen-bond donors (Lipinski definition) is 0. The lowest BCUT2D eigenvalue weighted by molar-refractivity contribution is -0.174. The fourth-order valence-electron chi connectivity index (χ4n) is 6.76. The molecule has 0 aliphatic rings. The Morgan fingerprint density at radius 2 is 0.778 bits per heavy atom. The molecule has 0 atom stereocenters. The zero-order valence-electron chi connectivity index (χ0n) is 27.6. The van der Waals surface area contributed by atoms with Gasteiger partial charge in [0.2, 0.25) is 0 Å². The van der Waals surface area contributed by atoms with Crippen molar-refractivity contribution < 1.29 is 39.5 Å². The summed E-state index contributed by atoms with van der Waals surface area (Å²) in [4.78, 5) is 4.75. The third-order valence-corrected chi connectivity index (χ3v) is 9.27. The van der Waals surface area contributed by atoms with Crippen LogP contribution in [0.3, 0.4) is 0 Å². The van der Waals surface area contributed by atoms with Crippen molar-refractivity contribution in [3.63, 3.8) is 0 Å². The van der Waals surface area contributed by atoms with E-state index in [1.165, 1.54) is 12.1 Å². The number of aromatic nitrogens is 3. The highest BCUT2D eigenvalue weighted by Gasteiger charge is 2.50. The third kappa shape index (κ3) is 6.37. The summed E-state index contributed by atoms with van der Waals surface area (Å²) in [5.41, 5.74) is -3.87. The van der Waals surface area contributed by atoms with Crippen molar-refractivity contribution in [2.24, 2.45) is 0 Å². The molecular weight excluding hydrogens is 717 g/mol. The van der Waals surface area contributed by atoms with E-state index in [-0.39, 0.29) is 29.1 Å². The molecule has 12 heteroatoms. The lowest BCUT2D eigenvalue weighted by atomic mass is 9.92. The van der Waals surface area contributed by atoms with Gasteiger partial charge in [0.15, 0.2) is 0 Å². The lowest BCUT2D eigenvalue weighted by Crippen LogP contribution is -2.23. The molecule has 0 aliphatic heterocycles. The Hall–Kier alpha value is -6.30. The molecule has 5 aromatic carbocycles. The quantitative estimate of drug-likeness (QED) is 0.161. The number of hydrogen-bond acceptors (Lipinski definition) is 1. The molecule has 0 amide bonds. The van der Waals surface area contributed by atoms with Crippen LogP contribution in [0.5, 0.6) is 0 Å². The SMILES string of the molecule is FC(F)(F)c1cc(-c2cc(-c3ccc(-n4ccc5ccccc54)cc3)nc(-c3ccc(-n4ccc5ccccc54)cc3)c2)cc(C(F)(F)F)c1C(F)(F)F. The van der Waals surface area contributed by atoms with Crippen LogP contribution in [0, 0.1) is 0 Å². The summed E-state index contributed by atoms with van der Waals surface area (Å²) in [6.45, 7) is 0. The molecule has 8 aromatic rings. The molecule has 0 radical (unpaired) electrons. The summed E-state index contributed by atoms with van der Waals surface area (Å²) in [5.74, 6) is 0. The van der Waals surface area contributed by atoms with E-state index in [2.05, 4.69) is 0 Å². The maximum Gasteiger partial charge on any atom is 0.417 e. The second-order valence-electron chi connectivity index (χ2n) is 12.6. The second-order valence-corrected chi connectivity index (χ2v) is 12.6. The first-order valence-electron chi connectivity index (χ1n) is 16.4. The van der Waals surface area contributed by atoms with Crippen molar-refractivity contribution in [3.8, 4) is 45.0 Å². The van der Waals surface area contributed by atoms with Crippen molar-refractivity contribution >= 4 is 21.8 Å². The Labute approximate surface area is 301 Å². The van der Waals surface area contributed by atoms with Crippen LogP contribution in [0.25, 0.3) is 66.8 Å². The second kappa shape index (κ2) is 12.7. The Kier molecular flexibility index (Phi) is 8.16. The van der Waals surface area contributed by atoms with Gasteiger partial charge in [-0.15, -0.1) is 0 Å². The third-order valence-electron chi connectivity index (χ3n) is 9.27. The van der Waals surface area contributed by atoms with E-state index in [9.17, 15) is 39.5 Å². The van der Waals surface area contributed by atoms with Crippen molar-refractivity contribution in [2.45, 2.75) is 18.5 Å². The number of para-hydroxylation sites is 2. The number of halogens is 9.